The van der Waals surface area contributed by atoms with Crippen molar-refractivity contribution in [3.8, 4) is 17.0 Å². The number of para-hydroxylation sites is 1. The van der Waals surface area contributed by atoms with E-state index in [0.29, 0.717) is 26.1 Å². The number of benzene rings is 2. The summed E-state index contributed by atoms with van der Waals surface area (Å²) in [6.07, 6.45) is 2.51. The molecule has 2 atom stereocenters. The van der Waals surface area contributed by atoms with Gasteiger partial charge in [0.25, 0.3) is 0 Å². The van der Waals surface area contributed by atoms with Gasteiger partial charge in [0, 0.05) is 25.8 Å². The Labute approximate surface area is 250 Å². The number of aryl methyl sites for hydroxylation is 1. The lowest BCUT2D eigenvalue weighted by atomic mass is 9.93. The van der Waals surface area contributed by atoms with Gasteiger partial charge in [0.2, 0.25) is 0 Å². The van der Waals surface area contributed by atoms with Gasteiger partial charge in [-0.05, 0) is 113 Å². The van der Waals surface area contributed by atoms with Crippen LogP contribution in [0.2, 0.25) is 0 Å². The standard InChI is InChI=1S/C35H45N3O4/c1-23-9-7-10-28(33(23)41-22-26-14-13-25-15-18-36-19-16-27(25)24(26)2)30-11-8-12-32(37-30)38-20-17-29(31(21-38)40-6)34(39)42-35(3,4)5/h7-14,29,31,36H,15-22H2,1-6H3/t29-,31-/m0/s1. The molecule has 0 bridgehead atoms. The highest BCUT2D eigenvalue weighted by Crippen LogP contribution is 2.35. The number of esters is 1. The first-order chi connectivity index (χ1) is 20.1. The average molecular weight is 572 g/mol. The highest BCUT2D eigenvalue weighted by Gasteiger charge is 2.37. The van der Waals surface area contributed by atoms with E-state index >= 15 is 0 Å². The molecule has 7 nitrogen and oxygen atoms in total. The van der Waals surface area contributed by atoms with Gasteiger partial charge >= 0.3 is 5.97 Å². The number of hydrogen-bond donors (Lipinski definition) is 1. The highest BCUT2D eigenvalue weighted by atomic mass is 16.6. The second kappa shape index (κ2) is 12.8. The van der Waals surface area contributed by atoms with Crippen LogP contribution in [-0.4, -0.2) is 55.9 Å². The topological polar surface area (TPSA) is 72.9 Å². The minimum absolute atomic E-state index is 0.196. The summed E-state index contributed by atoms with van der Waals surface area (Å²) in [5.41, 5.74) is 7.87. The van der Waals surface area contributed by atoms with Crippen molar-refractivity contribution in [2.75, 3.05) is 38.2 Å². The second-order valence-electron chi connectivity index (χ2n) is 12.5. The number of methoxy groups -OCH3 is 1. The predicted octanol–water partition coefficient (Wildman–Crippen LogP) is 5.82. The summed E-state index contributed by atoms with van der Waals surface area (Å²) in [6, 6.07) is 16.8. The maximum absolute atomic E-state index is 12.9. The van der Waals surface area contributed by atoms with E-state index in [1.807, 2.05) is 39.0 Å². The molecule has 0 saturated carbocycles. The zero-order chi connectivity index (χ0) is 29.9. The Morgan fingerprint density at radius 3 is 2.62 bits per heavy atom. The van der Waals surface area contributed by atoms with Gasteiger partial charge in [-0.3, -0.25) is 4.79 Å². The van der Waals surface area contributed by atoms with Crippen LogP contribution in [-0.2, 0) is 33.7 Å². The molecular weight excluding hydrogens is 526 g/mol. The molecule has 0 radical (unpaired) electrons. The summed E-state index contributed by atoms with van der Waals surface area (Å²) in [6.45, 7) is 13.8. The number of ether oxygens (including phenoxy) is 3. The number of carbonyl (C=O) groups is 1. The van der Waals surface area contributed by atoms with Gasteiger partial charge in [0.15, 0.2) is 0 Å². The van der Waals surface area contributed by atoms with Gasteiger partial charge < -0.3 is 24.4 Å². The number of pyridine rings is 1. The Morgan fingerprint density at radius 1 is 1.05 bits per heavy atom. The van der Waals surface area contributed by atoms with Crippen molar-refractivity contribution in [1.29, 1.82) is 0 Å². The minimum atomic E-state index is -0.522. The molecule has 5 rings (SSSR count). The maximum atomic E-state index is 12.9. The van der Waals surface area contributed by atoms with Crippen molar-refractivity contribution in [1.82, 2.24) is 10.3 Å². The lowest BCUT2D eigenvalue weighted by Crippen LogP contribution is -2.49. The summed E-state index contributed by atoms with van der Waals surface area (Å²) in [4.78, 5) is 20.1. The Hall–Kier alpha value is -3.42. The molecule has 2 aliphatic rings. The molecule has 0 spiro atoms. The van der Waals surface area contributed by atoms with Crippen molar-refractivity contribution in [3.63, 3.8) is 0 Å². The number of fused-ring (bicyclic) bond motifs is 1. The molecule has 224 valence electrons. The van der Waals surface area contributed by atoms with Gasteiger partial charge in [0.05, 0.1) is 17.7 Å². The van der Waals surface area contributed by atoms with Crippen LogP contribution in [0.25, 0.3) is 11.3 Å². The van der Waals surface area contributed by atoms with Crippen LogP contribution in [0, 0.1) is 19.8 Å². The van der Waals surface area contributed by atoms with Crippen LogP contribution in [0.15, 0.2) is 48.5 Å². The first kappa shape index (κ1) is 30.1. The number of rotatable bonds is 7. The smallest absolute Gasteiger partial charge is 0.312 e. The van der Waals surface area contributed by atoms with Crippen LogP contribution in [0.4, 0.5) is 5.82 Å². The number of anilines is 1. The van der Waals surface area contributed by atoms with Crippen LogP contribution < -0.4 is 15.0 Å². The molecule has 7 heteroatoms. The fourth-order valence-corrected chi connectivity index (χ4v) is 6.12. The molecule has 0 amide bonds. The van der Waals surface area contributed by atoms with Crippen LogP contribution in [0.3, 0.4) is 0 Å². The average Bonchev–Trinajstić information content (AvgIpc) is 3.22. The fourth-order valence-electron chi connectivity index (χ4n) is 6.12. The fraction of sp³-hybridized carbons (Fsp3) is 0.486. The second-order valence-corrected chi connectivity index (χ2v) is 12.5. The summed E-state index contributed by atoms with van der Waals surface area (Å²) in [5.74, 6) is 1.23. The quantitative estimate of drug-likeness (QED) is 0.359. The lowest BCUT2D eigenvalue weighted by Gasteiger charge is -2.38. The zero-order valence-electron chi connectivity index (χ0n) is 26.0. The third kappa shape index (κ3) is 6.79. The van der Waals surface area contributed by atoms with Crippen LogP contribution in [0.5, 0.6) is 5.75 Å². The predicted molar refractivity (Wildman–Crippen MR) is 167 cm³/mol. The van der Waals surface area contributed by atoms with Crippen molar-refractivity contribution in [3.05, 3.63) is 76.3 Å². The molecule has 0 aliphatic carbocycles. The van der Waals surface area contributed by atoms with E-state index in [9.17, 15) is 4.79 Å². The van der Waals surface area contributed by atoms with Gasteiger partial charge in [-0.1, -0.05) is 30.3 Å². The van der Waals surface area contributed by atoms with Crippen LogP contribution in [0.1, 0.15) is 55.0 Å². The molecule has 3 aromatic rings. The minimum Gasteiger partial charge on any atom is -0.488 e. The van der Waals surface area contributed by atoms with E-state index in [2.05, 4.69) is 54.4 Å². The van der Waals surface area contributed by atoms with Gasteiger partial charge in [-0.2, -0.15) is 0 Å². The zero-order valence-corrected chi connectivity index (χ0v) is 26.0. The lowest BCUT2D eigenvalue weighted by molar-refractivity contribution is -0.165. The summed E-state index contributed by atoms with van der Waals surface area (Å²) in [7, 11) is 1.66. The SMILES string of the molecule is CO[C@H]1CN(c2cccc(-c3cccc(C)c3OCc3ccc4c(c3C)CCNCC4)n2)CC[C@@H]1C(=O)OC(C)(C)C. The maximum Gasteiger partial charge on any atom is 0.312 e. The molecule has 2 aliphatic heterocycles. The monoisotopic (exact) mass is 571 g/mol. The summed E-state index contributed by atoms with van der Waals surface area (Å²) < 4.78 is 18.0. The van der Waals surface area contributed by atoms with Crippen molar-refractivity contribution >= 4 is 11.8 Å². The molecular formula is C35H45N3O4. The largest absolute Gasteiger partial charge is 0.488 e. The van der Waals surface area contributed by atoms with Crippen LogP contribution >= 0.6 is 0 Å². The Bertz CT molecular complexity index is 1410. The molecule has 1 fully saturated rings. The molecule has 0 unspecified atom stereocenters. The normalized spacial score (nSPS) is 19.1. The molecule has 42 heavy (non-hydrogen) atoms. The van der Waals surface area contributed by atoms with E-state index < -0.39 is 5.60 Å². The van der Waals surface area contributed by atoms with Crippen molar-refractivity contribution in [2.45, 2.75) is 72.2 Å². The molecule has 1 N–H and O–H groups in total. The van der Waals surface area contributed by atoms with Crippen molar-refractivity contribution < 1.29 is 19.0 Å². The Balaban J connectivity index is 1.35. The summed E-state index contributed by atoms with van der Waals surface area (Å²) >= 11 is 0. The Morgan fingerprint density at radius 2 is 1.83 bits per heavy atom. The van der Waals surface area contributed by atoms with E-state index in [4.69, 9.17) is 19.2 Å². The van der Waals surface area contributed by atoms with Gasteiger partial charge in [-0.15, -0.1) is 0 Å². The van der Waals surface area contributed by atoms with E-state index in [-0.39, 0.29) is 18.0 Å². The number of carbonyl (C=O) groups excluding carboxylic acids is 1. The first-order valence-corrected chi connectivity index (χ1v) is 15.2. The van der Waals surface area contributed by atoms with Gasteiger partial charge in [-0.25, -0.2) is 4.98 Å². The number of piperidine rings is 1. The van der Waals surface area contributed by atoms with E-state index in [1.54, 1.807) is 7.11 Å². The third-order valence-corrected chi connectivity index (χ3v) is 8.42. The highest BCUT2D eigenvalue weighted by molar-refractivity contribution is 5.74. The molecule has 2 aromatic carbocycles. The van der Waals surface area contributed by atoms with Crippen molar-refractivity contribution in [2.24, 2.45) is 5.92 Å². The summed E-state index contributed by atoms with van der Waals surface area (Å²) in [5, 5.41) is 3.51. The number of hydrogen-bond acceptors (Lipinski definition) is 7. The van der Waals surface area contributed by atoms with E-state index in [0.717, 1.165) is 54.3 Å². The number of aromatic nitrogens is 1. The first-order valence-electron chi connectivity index (χ1n) is 15.2. The van der Waals surface area contributed by atoms with E-state index in [1.165, 1.54) is 22.3 Å². The molecule has 1 aromatic heterocycles. The molecule has 1 saturated heterocycles. The third-order valence-electron chi connectivity index (χ3n) is 8.42. The number of nitrogens with zero attached hydrogens (tertiary/aromatic N) is 2. The number of nitrogens with one attached hydrogen (secondary N) is 1. The van der Waals surface area contributed by atoms with Gasteiger partial charge in [0.1, 0.15) is 23.8 Å². The Kier molecular flexibility index (Phi) is 9.19. The molecule has 3 heterocycles.